The lowest BCUT2D eigenvalue weighted by molar-refractivity contribution is -0.121. The van der Waals surface area contributed by atoms with Gasteiger partial charge >= 0.3 is 0 Å². The number of carbonyl (C=O) groups excluding carboxylic acids is 2. The minimum absolute atomic E-state index is 0.0267. The predicted molar refractivity (Wildman–Crippen MR) is 77.7 cm³/mol. The molecule has 0 unspecified atom stereocenters. The summed E-state index contributed by atoms with van der Waals surface area (Å²) in [6.07, 6.45) is 0. The Kier molecular flexibility index (Phi) is 5.83. The van der Waals surface area contributed by atoms with E-state index in [0.29, 0.717) is 30.2 Å². The molecule has 0 saturated heterocycles. The van der Waals surface area contributed by atoms with Crippen LogP contribution in [0.1, 0.15) is 24.2 Å². The summed E-state index contributed by atoms with van der Waals surface area (Å²) < 4.78 is 5.33. The van der Waals surface area contributed by atoms with Crippen molar-refractivity contribution in [1.29, 1.82) is 0 Å². The second-order valence-corrected chi connectivity index (χ2v) is 4.18. The molecule has 20 heavy (non-hydrogen) atoms. The zero-order valence-electron chi connectivity index (χ0n) is 12.1. The van der Waals surface area contributed by atoms with Gasteiger partial charge in [0.2, 0.25) is 5.91 Å². The number of rotatable bonds is 6. The monoisotopic (exact) mass is 279 g/mol. The van der Waals surface area contributed by atoms with Gasteiger partial charge in [-0.3, -0.25) is 9.59 Å². The summed E-state index contributed by atoms with van der Waals surface area (Å²) in [5, 5.41) is 2.50. The number of amides is 2. The lowest BCUT2D eigenvalue weighted by Crippen LogP contribution is -2.39. The molecule has 1 aromatic rings. The highest BCUT2D eigenvalue weighted by Gasteiger charge is 2.17. The van der Waals surface area contributed by atoms with Gasteiger partial charge in [0.15, 0.2) is 0 Å². The quantitative estimate of drug-likeness (QED) is 0.757. The van der Waals surface area contributed by atoms with Gasteiger partial charge < -0.3 is 20.7 Å². The first kappa shape index (κ1) is 15.8. The second-order valence-electron chi connectivity index (χ2n) is 4.18. The molecule has 3 N–H and O–H groups in total. The zero-order valence-corrected chi connectivity index (χ0v) is 12.1. The van der Waals surface area contributed by atoms with E-state index in [2.05, 4.69) is 5.32 Å². The standard InChI is InChI=1S/C14H21N3O3/c1-4-17(9-13(18)16-3)14(19)10-6-7-12(20-5-2)11(15)8-10/h6-8H,4-5,9,15H2,1-3H3,(H,16,18). The maximum atomic E-state index is 12.3. The van der Waals surface area contributed by atoms with E-state index in [9.17, 15) is 9.59 Å². The van der Waals surface area contributed by atoms with Gasteiger partial charge in [0, 0.05) is 19.2 Å². The number of nitrogens with one attached hydrogen (secondary N) is 1. The number of nitrogens with zero attached hydrogens (tertiary/aromatic N) is 1. The Morgan fingerprint density at radius 3 is 2.55 bits per heavy atom. The fourth-order valence-electron chi connectivity index (χ4n) is 1.73. The third-order valence-electron chi connectivity index (χ3n) is 2.84. The Morgan fingerprint density at radius 1 is 1.35 bits per heavy atom. The molecule has 0 saturated carbocycles. The Balaban J connectivity index is 2.89. The van der Waals surface area contributed by atoms with Gasteiger partial charge in [-0.05, 0) is 32.0 Å². The van der Waals surface area contributed by atoms with Crippen molar-refractivity contribution in [3.05, 3.63) is 23.8 Å². The first-order valence-electron chi connectivity index (χ1n) is 6.55. The van der Waals surface area contributed by atoms with E-state index in [0.717, 1.165) is 0 Å². The number of carbonyl (C=O) groups is 2. The van der Waals surface area contributed by atoms with Crippen LogP contribution in [0.15, 0.2) is 18.2 Å². The Labute approximate surface area is 118 Å². The molecule has 0 atom stereocenters. The van der Waals surface area contributed by atoms with Crippen molar-refractivity contribution in [2.45, 2.75) is 13.8 Å². The largest absolute Gasteiger partial charge is 0.492 e. The third kappa shape index (κ3) is 3.88. The highest BCUT2D eigenvalue weighted by Crippen LogP contribution is 2.23. The predicted octanol–water partition coefficient (Wildman–Crippen LogP) is 0.876. The van der Waals surface area contributed by atoms with E-state index < -0.39 is 0 Å². The van der Waals surface area contributed by atoms with Crippen molar-refractivity contribution in [3.8, 4) is 5.75 Å². The summed E-state index contributed by atoms with van der Waals surface area (Å²) in [4.78, 5) is 25.1. The highest BCUT2D eigenvalue weighted by molar-refractivity contribution is 5.97. The summed E-state index contributed by atoms with van der Waals surface area (Å²) in [6, 6.07) is 4.88. The maximum Gasteiger partial charge on any atom is 0.254 e. The molecule has 6 nitrogen and oxygen atoms in total. The van der Waals surface area contributed by atoms with Crippen molar-refractivity contribution >= 4 is 17.5 Å². The molecule has 110 valence electrons. The van der Waals surface area contributed by atoms with Crippen molar-refractivity contribution in [2.24, 2.45) is 0 Å². The topological polar surface area (TPSA) is 84.7 Å². The van der Waals surface area contributed by atoms with Crippen molar-refractivity contribution < 1.29 is 14.3 Å². The number of hydrogen-bond acceptors (Lipinski definition) is 4. The minimum atomic E-state index is -0.231. The van der Waals surface area contributed by atoms with Crippen LogP contribution in [0.4, 0.5) is 5.69 Å². The number of anilines is 1. The third-order valence-corrected chi connectivity index (χ3v) is 2.84. The Bertz CT molecular complexity index is 489. The van der Waals surface area contributed by atoms with Crippen molar-refractivity contribution in [1.82, 2.24) is 10.2 Å². The molecule has 0 bridgehead atoms. The van der Waals surface area contributed by atoms with Crippen LogP contribution in [0.5, 0.6) is 5.75 Å². The first-order valence-corrected chi connectivity index (χ1v) is 6.55. The molecule has 0 radical (unpaired) electrons. The van der Waals surface area contributed by atoms with Crippen LogP contribution >= 0.6 is 0 Å². The van der Waals surface area contributed by atoms with E-state index >= 15 is 0 Å². The van der Waals surface area contributed by atoms with Crippen molar-refractivity contribution in [3.63, 3.8) is 0 Å². The van der Waals surface area contributed by atoms with Gasteiger partial charge in [0.25, 0.3) is 5.91 Å². The van der Waals surface area contributed by atoms with Gasteiger partial charge in [0.1, 0.15) is 5.75 Å². The fraction of sp³-hybridized carbons (Fsp3) is 0.429. The average molecular weight is 279 g/mol. The molecule has 0 aliphatic carbocycles. The molecule has 6 heteroatoms. The van der Waals surface area contributed by atoms with E-state index in [4.69, 9.17) is 10.5 Å². The fourth-order valence-corrected chi connectivity index (χ4v) is 1.73. The van der Waals surface area contributed by atoms with Crippen molar-refractivity contribution in [2.75, 3.05) is 32.5 Å². The van der Waals surface area contributed by atoms with Crippen LogP contribution in [0.2, 0.25) is 0 Å². The number of benzene rings is 1. The number of nitrogens with two attached hydrogens (primary N) is 1. The normalized spacial score (nSPS) is 9.95. The summed E-state index contributed by atoms with van der Waals surface area (Å²) in [5.74, 6) is 0.114. The first-order chi connectivity index (χ1) is 9.53. The number of ether oxygens (including phenoxy) is 1. The van der Waals surface area contributed by atoms with Crippen LogP contribution in [-0.2, 0) is 4.79 Å². The molecule has 2 amide bonds. The van der Waals surface area contributed by atoms with Gasteiger partial charge in [0.05, 0.1) is 18.8 Å². The van der Waals surface area contributed by atoms with Crippen LogP contribution in [-0.4, -0.2) is 43.5 Å². The zero-order chi connectivity index (χ0) is 15.1. The lowest BCUT2D eigenvalue weighted by atomic mass is 10.1. The summed E-state index contributed by atoms with van der Waals surface area (Å²) in [7, 11) is 1.54. The van der Waals surface area contributed by atoms with Crippen LogP contribution in [0.3, 0.4) is 0 Å². The van der Waals surface area contributed by atoms with Gasteiger partial charge in [-0.2, -0.15) is 0 Å². The molecule has 0 aliphatic heterocycles. The molecule has 0 aromatic heterocycles. The summed E-state index contributed by atoms with van der Waals surface area (Å²) in [5.41, 5.74) is 6.69. The summed E-state index contributed by atoms with van der Waals surface area (Å²) >= 11 is 0. The van der Waals surface area contributed by atoms with Crippen LogP contribution in [0, 0.1) is 0 Å². The molecule has 0 heterocycles. The highest BCUT2D eigenvalue weighted by atomic mass is 16.5. The second kappa shape index (κ2) is 7.37. The Morgan fingerprint density at radius 2 is 2.05 bits per heavy atom. The molecular formula is C14H21N3O3. The Hall–Kier alpha value is -2.24. The molecule has 0 spiro atoms. The van der Waals surface area contributed by atoms with E-state index in [1.807, 2.05) is 13.8 Å². The summed E-state index contributed by atoms with van der Waals surface area (Å²) in [6.45, 7) is 4.66. The molecule has 1 rings (SSSR count). The smallest absolute Gasteiger partial charge is 0.254 e. The van der Waals surface area contributed by atoms with Gasteiger partial charge in [-0.1, -0.05) is 0 Å². The molecular weight excluding hydrogens is 258 g/mol. The van der Waals surface area contributed by atoms with Crippen LogP contribution < -0.4 is 15.8 Å². The SMILES string of the molecule is CCOc1ccc(C(=O)N(CC)CC(=O)NC)cc1N. The molecule has 0 aliphatic rings. The number of nitrogen functional groups attached to an aromatic ring is 1. The maximum absolute atomic E-state index is 12.3. The van der Waals surface area contributed by atoms with Crippen LogP contribution in [0.25, 0.3) is 0 Å². The molecule has 0 fully saturated rings. The number of hydrogen-bond donors (Lipinski definition) is 2. The number of likely N-dealkylation sites (N-methyl/N-ethyl adjacent to an activating group) is 2. The van der Waals surface area contributed by atoms with E-state index in [-0.39, 0.29) is 18.4 Å². The minimum Gasteiger partial charge on any atom is -0.492 e. The van der Waals surface area contributed by atoms with E-state index in [1.165, 1.54) is 11.9 Å². The molecule has 1 aromatic carbocycles. The lowest BCUT2D eigenvalue weighted by Gasteiger charge is -2.20. The van der Waals surface area contributed by atoms with Gasteiger partial charge in [-0.15, -0.1) is 0 Å². The average Bonchev–Trinajstić information content (AvgIpc) is 2.46. The van der Waals surface area contributed by atoms with E-state index in [1.54, 1.807) is 18.2 Å². The van der Waals surface area contributed by atoms with Gasteiger partial charge in [-0.25, -0.2) is 0 Å².